The van der Waals surface area contributed by atoms with Gasteiger partial charge in [0.15, 0.2) is 11.7 Å². The van der Waals surface area contributed by atoms with Gasteiger partial charge in [0.05, 0.1) is 18.3 Å². The summed E-state index contributed by atoms with van der Waals surface area (Å²) in [5.41, 5.74) is 4.93. The van der Waals surface area contributed by atoms with Crippen molar-refractivity contribution in [2.24, 2.45) is 4.99 Å². The molecule has 10 nitrogen and oxygen atoms in total. The number of aryl methyl sites for hydroxylation is 2. The van der Waals surface area contributed by atoms with Crippen LogP contribution >= 0.6 is 11.3 Å². The zero-order chi connectivity index (χ0) is 28.9. The minimum Gasteiger partial charge on any atom is -0.449 e. The van der Waals surface area contributed by atoms with Crippen molar-refractivity contribution in [3.63, 3.8) is 0 Å². The number of carbonyl (C=O) groups excluding carboxylic acids is 1. The number of carbonyl (C=O) groups is 1. The first-order valence-corrected chi connectivity index (χ1v) is 14.7. The third kappa shape index (κ3) is 5.26. The van der Waals surface area contributed by atoms with Crippen molar-refractivity contribution in [2.75, 3.05) is 31.1 Å². The Kier molecular flexibility index (Phi) is 6.93. The van der Waals surface area contributed by atoms with Crippen LogP contribution in [0, 0.1) is 20.8 Å². The van der Waals surface area contributed by atoms with Crippen molar-refractivity contribution in [2.45, 2.75) is 59.6 Å². The molecule has 0 aliphatic carbocycles. The van der Waals surface area contributed by atoms with Crippen LogP contribution in [0.4, 0.5) is 10.5 Å². The summed E-state index contributed by atoms with van der Waals surface area (Å²) >= 11 is 1.74. The third-order valence-corrected chi connectivity index (χ3v) is 8.72. The Morgan fingerprint density at radius 2 is 1.80 bits per heavy atom. The fourth-order valence-electron chi connectivity index (χ4n) is 5.35. The number of piperazine rings is 1. The van der Waals surface area contributed by atoms with Gasteiger partial charge in [-0.15, -0.1) is 21.5 Å². The SMILES string of the molecule is Cc1sc2c(c1C)C(c1ccc(N3CCN(C(=O)OC(C)(C)C)CC3)cc1)=NC(Cc1ncco1)c1nnc(C)n1-2. The number of amides is 1. The Labute approximate surface area is 243 Å². The molecular weight excluding hydrogens is 538 g/mol. The maximum atomic E-state index is 12.5. The second-order valence-corrected chi connectivity index (χ2v) is 12.7. The second kappa shape index (κ2) is 10.4. The molecule has 3 aromatic heterocycles. The highest BCUT2D eigenvalue weighted by atomic mass is 32.1. The van der Waals surface area contributed by atoms with Gasteiger partial charge >= 0.3 is 6.09 Å². The molecule has 2 aliphatic rings. The fraction of sp³-hybridized carbons (Fsp3) is 0.433. The normalized spacial score (nSPS) is 17.1. The van der Waals surface area contributed by atoms with E-state index < -0.39 is 5.60 Å². The lowest BCUT2D eigenvalue weighted by molar-refractivity contribution is 0.0240. The van der Waals surface area contributed by atoms with Crippen molar-refractivity contribution < 1.29 is 13.9 Å². The fourth-order valence-corrected chi connectivity index (χ4v) is 6.56. The van der Waals surface area contributed by atoms with Crippen LogP contribution in [0.25, 0.3) is 5.00 Å². The lowest BCUT2D eigenvalue weighted by atomic mass is 9.99. The predicted octanol–water partition coefficient (Wildman–Crippen LogP) is 5.43. The van der Waals surface area contributed by atoms with E-state index in [4.69, 9.17) is 14.1 Å². The molecule has 41 heavy (non-hydrogen) atoms. The van der Waals surface area contributed by atoms with E-state index in [0.29, 0.717) is 25.4 Å². The van der Waals surface area contributed by atoms with Gasteiger partial charge in [0, 0.05) is 47.9 Å². The summed E-state index contributed by atoms with van der Waals surface area (Å²) in [5.74, 6) is 2.24. The monoisotopic (exact) mass is 573 g/mol. The number of nitrogens with zero attached hydrogens (tertiary/aromatic N) is 7. The van der Waals surface area contributed by atoms with Crippen LogP contribution in [0.1, 0.15) is 65.9 Å². The summed E-state index contributed by atoms with van der Waals surface area (Å²) in [7, 11) is 0. The number of hydrogen-bond acceptors (Lipinski definition) is 9. The predicted molar refractivity (Wildman–Crippen MR) is 158 cm³/mol. The molecule has 0 spiro atoms. The van der Waals surface area contributed by atoms with Crippen LogP contribution in [-0.2, 0) is 11.2 Å². The smallest absolute Gasteiger partial charge is 0.410 e. The van der Waals surface area contributed by atoms with Crippen LogP contribution in [0.5, 0.6) is 0 Å². The first-order valence-electron chi connectivity index (χ1n) is 13.9. The molecule has 6 rings (SSSR count). The lowest BCUT2D eigenvalue weighted by Gasteiger charge is -2.36. The highest BCUT2D eigenvalue weighted by molar-refractivity contribution is 7.15. The molecule has 0 saturated carbocycles. The minimum atomic E-state index is -0.495. The third-order valence-electron chi connectivity index (χ3n) is 7.53. The molecule has 0 bridgehead atoms. The first kappa shape index (κ1) is 27.2. The van der Waals surface area contributed by atoms with E-state index in [1.807, 2.05) is 27.7 Å². The number of fused-ring (bicyclic) bond motifs is 3. The van der Waals surface area contributed by atoms with E-state index in [-0.39, 0.29) is 12.1 Å². The molecular formula is C30H35N7O3S. The lowest BCUT2D eigenvalue weighted by Crippen LogP contribution is -2.50. The van der Waals surface area contributed by atoms with E-state index >= 15 is 0 Å². The number of ether oxygens (including phenoxy) is 1. The largest absolute Gasteiger partial charge is 0.449 e. The molecule has 4 aromatic rings. The number of thiophene rings is 1. The van der Waals surface area contributed by atoms with Gasteiger partial charge in [0.25, 0.3) is 0 Å². The van der Waals surface area contributed by atoms with Crippen LogP contribution in [0.3, 0.4) is 0 Å². The molecule has 0 radical (unpaired) electrons. The van der Waals surface area contributed by atoms with Crippen molar-refractivity contribution >= 4 is 28.8 Å². The van der Waals surface area contributed by atoms with Crippen LogP contribution in [0.2, 0.25) is 0 Å². The van der Waals surface area contributed by atoms with E-state index in [1.165, 1.54) is 10.4 Å². The molecule has 1 saturated heterocycles. The highest BCUT2D eigenvalue weighted by Gasteiger charge is 2.32. The molecule has 1 aromatic carbocycles. The van der Waals surface area contributed by atoms with E-state index in [2.05, 4.69) is 62.8 Å². The molecule has 214 valence electrons. The van der Waals surface area contributed by atoms with E-state index in [0.717, 1.165) is 52.3 Å². The molecule has 0 N–H and O–H groups in total. The van der Waals surface area contributed by atoms with Gasteiger partial charge in [-0.25, -0.2) is 9.78 Å². The number of aromatic nitrogens is 4. The van der Waals surface area contributed by atoms with Gasteiger partial charge in [0.1, 0.15) is 28.7 Å². The summed E-state index contributed by atoms with van der Waals surface area (Å²) in [6.45, 7) is 14.7. The van der Waals surface area contributed by atoms with Crippen LogP contribution < -0.4 is 4.90 Å². The van der Waals surface area contributed by atoms with Gasteiger partial charge in [-0.1, -0.05) is 12.1 Å². The summed E-state index contributed by atoms with van der Waals surface area (Å²) in [6, 6.07) is 8.28. The summed E-state index contributed by atoms with van der Waals surface area (Å²) < 4.78 is 13.3. The Bertz CT molecular complexity index is 1590. The molecule has 1 atom stereocenters. The zero-order valence-electron chi connectivity index (χ0n) is 24.3. The van der Waals surface area contributed by atoms with E-state index in [9.17, 15) is 4.79 Å². The van der Waals surface area contributed by atoms with Crippen molar-refractivity contribution in [3.8, 4) is 5.00 Å². The number of anilines is 1. The maximum absolute atomic E-state index is 12.5. The second-order valence-electron chi connectivity index (χ2n) is 11.5. The van der Waals surface area contributed by atoms with Gasteiger partial charge in [-0.05, 0) is 59.2 Å². The Balaban J connectivity index is 1.30. The Morgan fingerprint density at radius 1 is 1.07 bits per heavy atom. The molecule has 1 fully saturated rings. The molecule has 11 heteroatoms. The van der Waals surface area contributed by atoms with Gasteiger partial charge in [-0.2, -0.15) is 0 Å². The van der Waals surface area contributed by atoms with Crippen LogP contribution in [-0.4, -0.2) is 68.2 Å². The number of oxazole rings is 1. The summed E-state index contributed by atoms with van der Waals surface area (Å²) in [6.07, 6.45) is 3.48. The number of benzene rings is 1. The minimum absolute atomic E-state index is 0.249. The topological polar surface area (TPSA) is 102 Å². The zero-order valence-corrected chi connectivity index (χ0v) is 25.2. The van der Waals surface area contributed by atoms with Crippen molar-refractivity contribution in [1.29, 1.82) is 0 Å². The highest BCUT2D eigenvalue weighted by Crippen LogP contribution is 2.39. The molecule has 1 amide bonds. The van der Waals surface area contributed by atoms with Crippen molar-refractivity contribution in [1.82, 2.24) is 24.6 Å². The van der Waals surface area contributed by atoms with E-state index in [1.54, 1.807) is 28.7 Å². The number of rotatable bonds is 4. The number of hydrogen-bond donors (Lipinski definition) is 0. The van der Waals surface area contributed by atoms with Gasteiger partial charge in [-0.3, -0.25) is 9.56 Å². The average molecular weight is 574 g/mol. The Morgan fingerprint density at radius 3 is 2.46 bits per heavy atom. The quantitative estimate of drug-likeness (QED) is 0.321. The van der Waals surface area contributed by atoms with Gasteiger partial charge in [0.2, 0.25) is 0 Å². The first-order chi connectivity index (χ1) is 19.6. The summed E-state index contributed by atoms with van der Waals surface area (Å²) in [4.78, 5) is 27.5. The molecule has 2 aliphatic heterocycles. The van der Waals surface area contributed by atoms with Crippen molar-refractivity contribution in [3.05, 3.63) is 75.8 Å². The molecule has 1 unspecified atom stereocenters. The Hall–Kier alpha value is -3.99. The number of aliphatic imine (C=N–C) groups is 1. The van der Waals surface area contributed by atoms with Gasteiger partial charge < -0.3 is 19.0 Å². The average Bonchev–Trinajstić information content (AvgIpc) is 3.64. The standard InChI is InChI=1S/C30H35N7O3S/c1-18-19(2)41-28-25(18)26(32-23(17-24-31-11-16-39-24)27-34-33-20(3)37(27)28)21-7-9-22(10-8-21)35-12-14-36(15-13-35)29(38)40-30(4,5)6/h7-11,16,23H,12-15,17H2,1-6H3. The maximum Gasteiger partial charge on any atom is 0.410 e. The van der Waals surface area contributed by atoms with Crippen LogP contribution in [0.15, 0.2) is 46.1 Å². The summed E-state index contributed by atoms with van der Waals surface area (Å²) in [5, 5.41) is 10.1. The molecule has 5 heterocycles.